The summed E-state index contributed by atoms with van der Waals surface area (Å²) in [5, 5.41) is 15.6. The van der Waals surface area contributed by atoms with Crippen molar-refractivity contribution < 1.29 is 10.1 Å². The van der Waals surface area contributed by atoms with Gasteiger partial charge in [-0.2, -0.15) is 0 Å². The van der Waals surface area contributed by atoms with E-state index in [0.29, 0.717) is 5.82 Å². The number of rotatable bonds is 3. The van der Waals surface area contributed by atoms with Crippen molar-refractivity contribution in [2.75, 3.05) is 30.9 Å². The maximum atomic E-state index is 12.6. The van der Waals surface area contributed by atoms with Gasteiger partial charge in [0.25, 0.3) is 0 Å². The molecular weight excluding hydrogens is 340 g/mol. The summed E-state index contributed by atoms with van der Waals surface area (Å²) in [7, 11) is 3.95. The number of pyridine rings is 1. The van der Waals surface area contributed by atoms with Crippen LogP contribution < -0.4 is 20.9 Å². The number of amides is 2. The van der Waals surface area contributed by atoms with E-state index in [1.165, 1.54) is 6.21 Å². The zero-order valence-corrected chi connectivity index (χ0v) is 15.8. The number of anilines is 2. The first-order valence-electron chi connectivity index (χ1n) is 9.31. The van der Waals surface area contributed by atoms with Crippen LogP contribution in [0.25, 0.3) is 0 Å². The molecule has 2 amide bonds. The Kier molecular flexibility index (Phi) is 6.03. The van der Waals surface area contributed by atoms with Crippen LogP contribution in [0.5, 0.6) is 0 Å². The molecule has 0 aliphatic carbocycles. The normalized spacial score (nSPS) is 17.9. The third-order valence-electron chi connectivity index (χ3n) is 4.86. The molecule has 7 nitrogen and oxygen atoms in total. The molecular formula is C20H27N6O+. The lowest BCUT2D eigenvalue weighted by atomic mass is 10.0. The van der Waals surface area contributed by atoms with E-state index in [9.17, 15) is 4.79 Å². The number of nitrogens with one attached hydrogen (secondary N) is 3. The van der Waals surface area contributed by atoms with Crippen LogP contribution in [0.3, 0.4) is 0 Å². The van der Waals surface area contributed by atoms with Gasteiger partial charge in [-0.05, 0) is 30.9 Å². The Balaban J connectivity index is 1.93. The Morgan fingerprint density at radius 2 is 2.07 bits per heavy atom. The lowest BCUT2D eigenvalue weighted by Gasteiger charge is -2.24. The monoisotopic (exact) mass is 367 g/mol. The second-order valence-electron chi connectivity index (χ2n) is 6.75. The molecule has 0 spiro atoms. The molecule has 0 radical (unpaired) electrons. The van der Waals surface area contributed by atoms with Crippen molar-refractivity contribution in [1.29, 1.82) is 5.41 Å². The number of benzene rings is 1. The average molecular weight is 367 g/mol. The van der Waals surface area contributed by atoms with Crippen molar-refractivity contribution in [1.82, 2.24) is 10.3 Å². The molecule has 0 fully saturated rings. The second-order valence-corrected chi connectivity index (χ2v) is 6.75. The van der Waals surface area contributed by atoms with Crippen LogP contribution in [0, 0.1) is 5.41 Å². The topological polar surface area (TPSA) is 97.7 Å². The predicted molar refractivity (Wildman–Crippen MR) is 108 cm³/mol. The van der Waals surface area contributed by atoms with Crippen molar-refractivity contribution in [3.05, 3.63) is 47.5 Å². The largest absolute Gasteiger partial charge is 0.355 e. The van der Waals surface area contributed by atoms with E-state index >= 15 is 0 Å². The Bertz CT molecular complexity index is 808. The Morgan fingerprint density at radius 3 is 2.78 bits per heavy atom. The highest BCUT2D eigenvalue weighted by atomic mass is 16.2. The van der Waals surface area contributed by atoms with E-state index in [2.05, 4.69) is 20.5 Å². The van der Waals surface area contributed by atoms with Gasteiger partial charge in [-0.3, -0.25) is 5.32 Å². The zero-order valence-electron chi connectivity index (χ0n) is 15.8. The number of quaternary nitrogens is 1. The molecule has 5 N–H and O–H groups in total. The predicted octanol–water partition coefficient (Wildman–Crippen LogP) is 2.39. The number of carbonyl (C=O) groups excluding carboxylic acids is 1. The van der Waals surface area contributed by atoms with E-state index < -0.39 is 0 Å². The molecule has 2 heterocycles. The summed E-state index contributed by atoms with van der Waals surface area (Å²) in [6.07, 6.45) is 4.17. The van der Waals surface area contributed by atoms with Crippen molar-refractivity contribution in [2.45, 2.75) is 25.3 Å². The first-order chi connectivity index (χ1) is 13.1. The van der Waals surface area contributed by atoms with Gasteiger partial charge < -0.3 is 20.9 Å². The van der Waals surface area contributed by atoms with Gasteiger partial charge in [0.05, 0.1) is 18.7 Å². The molecule has 3 rings (SSSR count). The Labute approximate surface area is 159 Å². The summed E-state index contributed by atoms with van der Waals surface area (Å²) in [5.41, 5.74) is 2.75. The molecule has 1 aromatic heterocycles. The molecule has 0 saturated carbocycles. The van der Waals surface area contributed by atoms with Crippen molar-refractivity contribution >= 4 is 29.6 Å². The van der Waals surface area contributed by atoms with Gasteiger partial charge in [-0.1, -0.05) is 30.3 Å². The third-order valence-corrected chi connectivity index (χ3v) is 4.86. The number of hydrogen-bond donors (Lipinski definition) is 4. The molecule has 2 aromatic rings. The standard InChI is InChI=1S/C20H26N6O/c1-22-18-15(13-21)12-17-24-19(18)26(2)11-7-6-10-16(23-20(27)25-17)14-8-4-3-5-9-14/h3-5,8-9,12-13,16,21-22H,6-7,10-11H2,1-2H3,(H2,23,24,25,27)/p+1. The fraction of sp³-hybridized carbons (Fsp3) is 0.350. The Morgan fingerprint density at radius 1 is 1.30 bits per heavy atom. The van der Waals surface area contributed by atoms with Crippen LogP contribution in [0.1, 0.15) is 36.4 Å². The molecule has 1 unspecified atom stereocenters. The first-order valence-corrected chi connectivity index (χ1v) is 9.31. The molecule has 1 aliphatic rings. The van der Waals surface area contributed by atoms with Crippen LogP contribution in [0.4, 0.5) is 22.1 Å². The molecule has 1 aliphatic heterocycles. The van der Waals surface area contributed by atoms with Gasteiger partial charge >= 0.3 is 6.03 Å². The van der Waals surface area contributed by atoms with E-state index in [1.54, 1.807) is 6.07 Å². The van der Waals surface area contributed by atoms with E-state index in [1.807, 2.05) is 49.7 Å². The SMILES string of the molecule is C[NH2+]c1c(C=N)cc2nc1N(C)CCCCC(c1ccccc1)NC(=O)N2. The number of hydrogen-bond acceptors (Lipinski definition) is 4. The molecule has 142 valence electrons. The number of nitrogens with two attached hydrogens (primary N) is 1. The minimum atomic E-state index is -0.283. The summed E-state index contributed by atoms with van der Waals surface area (Å²) < 4.78 is 0. The van der Waals surface area contributed by atoms with Gasteiger partial charge in [-0.15, -0.1) is 0 Å². The van der Waals surface area contributed by atoms with Gasteiger partial charge in [-0.25, -0.2) is 9.78 Å². The highest BCUT2D eigenvalue weighted by Gasteiger charge is 2.21. The summed E-state index contributed by atoms with van der Waals surface area (Å²) in [6, 6.07) is 11.4. The van der Waals surface area contributed by atoms with Crippen LogP contribution in [-0.2, 0) is 0 Å². The highest BCUT2D eigenvalue weighted by molar-refractivity contribution is 5.93. The summed E-state index contributed by atoms with van der Waals surface area (Å²) in [5.74, 6) is 1.24. The minimum absolute atomic E-state index is 0.0409. The third kappa shape index (κ3) is 4.43. The zero-order chi connectivity index (χ0) is 19.2. The van der Waals surface area contributed by atoms with E-state index in [4.69, 9.17) is 5.41 Å². The number of fused-ring (bicyclic) bond motifs is 2. The van der Waals surface area contributed by atoms with Crippen LogP contribution in [0.15, 0.2) is 36.4 Å². The van der Waals surface area contributed by atoms with Gasteiger partial charge in [0, 0.05) is 19.8 Å². The number of carbonyl (C=O) groups is 1. The lowest BCUT2D eigenvalue weighted by molar-refractivity contribution is -0.539. The molecule has 2 bridgehead atoms. The van der Waals surface area contributed by atoms with Crippen molar-refractivity contribution in [3.8, 4) is 0 Å². The molecule has 1 atom stereocenters. The highest BCUT2D eigenvalue weighted by Crippen LogP contribution is 2.27. The van der Waals surface area contributed by atoms with Crippen LogP contribution in [-0.4, -0.2) is 37.9 Å². The quantitative estimate of drug-likeness (QED) is 0.627. The fourth-order valence-corrected chi connectivity index (χ4v) is 3.45. The maximum Gasteiger partial charge on any atom is 0.320 e. The lowest BCUT2D eigenvalue weighted by Crippen LogP contribution is -2.73. The number of urea groups is 1. The number of nitrogens with zero attached hydrogens (tertiary/aromatic N) is 2. The summed E-state index contributed by atoms with van der Waals surface area (Å²) in [4.78, 5) is 19.3. The second kappa shape index (κ2) is 8.64. The summed E-state index contributed by atoms with van der Waals surface area (Å²) >= 11 is 0. The smallest absolute Gasteiger partial charge is 0.320 e. The van der Waals surface area contributed by atoms with E-state index in [-0.39, 0.29) is 12.1 Å². The van der Waals surface area contributed by atoms with Crippen LogP contribution >= 0.6 is 0 Å². The minimum Gasteiger partial charge on any atom is -0.355 e. The van der Waals surface area contributed by atoms with Gasteiger partial charge in [0.1, 0.15) is 5.82 Å². The van der Waals surface area contributed by atoms with Crippen molar-refractivity contribution in [2.24, 2.45) is 0 Å². The van der Waals surface area contributed by atoms with E-state index in [0.717, 1.165) is 48.4 Å². The number of aromatic nitrogens is 1. The van der Waals surface area contributed by atoms with Gasteiger partial charge in [0.15, 0.2) is 11.5 Å². The first kappa shape index (κ1) is 18.8. The van der Waals surface area contributed by atoms with Gasteiger partial charge in [0.2, 0.25) is 0 Å². The fourth-order valence-electron chi connectivity index (χ4n) is 3.45. The molecule has 0 saturated heterocycles. The molecule has 1 aromatic carbocycles. The molecule has 27 heavy (non-hydrogen) atoms. The Hall–Kier alpha value is -2.93. The average Bonchev–Trinajstić information content (AvgIpc) is 2.69. The maximum absolute atomic E-state index is 12.6. The van der Waals surface area contributed by atoms with Crippen LogP contribution in [0.2, 0.25) is 0 Å². The van der Waals surface area contributed by atoms with Crippen molar-refractivity contribution in [3.63, 3.8) is 0 Å². The molecule has 7 heteroatoms. The summed E-state index contributed by atoms with van der Waals surface area (Å²) in [6.45, 7) is 0.865.